The van der Waals surface area contributed by atoms with Gasteiger partial charge in [0.1, 0.15) is 0 Å². The Morgan fingerprint density at radius 1 is 1.38 bits per heavy atom. The van der Waals surface area contributed by atoms with E-state index in [1.54, 1.807) is 0 Å². The minimum Gasteiger partial charge on any atom is -0.505 e. The van der Waals surface area contributed by atoms with Crippen LogP contribution in [0.2, 0.25) is 0 Å². The Hall–Kier alpha value is -1.09. The van der Waals surface area contributed by atoms with Crippen molar-refractivity contribution in [1.82, 2.24) is 0 Å². The Kier molecular flexibility index (Phi) is 1.96. The second-order valence-corrected chi connectivity index (χ2v) is 3.68. The number of phenols is 1. The van der Waals surface area contributed by atoms with Gasteiger partial charge < -0.3 is 10.8 Å². The van der Waals surface area contributed by atoms with Crippen LogP contribution in [0.5, 0.6) is 5.75 Å². The third-order valence-corrected chi connectivity index (χ3v) is 2.60. The normalized spacial score (nSPS) is 21.2. The van der Waals surface area contributed by atoms with Crippen LogP contribution in [0.25, 0.3) is 0 Å². The van der Waals surface area contributed by atoms with E-state index in [2.05, 4.69) is 5.73 Å². The second-order valence-electron chi connectivity index (χ2n) is 3.68. The Morgan fingerprint density at radius 3 is 2.92 bits per heavy atom. The van der Waals surface area contributed by atoms with Crippen molar-refractivity contribution in [2.45, 2.75) is 25.3 Å². The molecule has 2 rings (SSSR count). The van der Waals surface area contributed by atoms with Gasteiger partial charge in [-0.3, -0.25) is 0 Å². The molecule has 13 heavy (non-hydrogen) atoms. The summed E-state index contributed by atoms with van der Waals surface area (Å²) in [7, 11) is 0. The van der Waals surface area contributed by atoms with Gasteiger partial charge in [0.2, 0.25) is 0 Å². The second kappa shape index (κ2) is 3.00. The van der Waals surface area contributed by atoms with Crippen molar-refractivity contribution in [2.75, 3.05) is 0 Å². The fraction of sp³-hybridized carbons (Fsp3) is 0.400. The number of hydrogen-bond donors (Lipinski definition) is 2. The first kappa shape index (κ1) is 8.51. The summed E-state index contributed by atoms with van der Waals surface area (Å²) < 4.78 is 12.9. The van der Waals surface area contributed by atoms with Crippen LogP contribution in [0.1, 0.15) is 17.5 Å². The van der Waals surface area contributed by atoms with Crippen molar-refractivity contribution >= 4 is 0 Å². The molecule has 4 N–H and O–H groups in total. The molecule has 0 spiro atoms. The maximum absolute atomic E-state index is 12.9. The maximum atomic E-state index is 12.9. The van der Waals surface area contributed by atoms with Gasteiger partial charge in [-0.1, -0.05) is 0 Å². The van der Waals surface area contributed by atoms with Crippen LogP contribution in [-0.4, -0.2) is 11.1 Å². The molecule has 1 aliphatic rings. The van der Waals surface area contributed by atoms with E-state index in [-0.39, 0.29) is 5.75 Å². The number of halogens is 1. The average Bonchev–Trinajstić information content (AvgIpc) is 2.08. The van der Waals surface area contributed by atoms with Gasteiger partial charge in [0.25, 0.3) is 0 Å². The molecule has 0 heterocycles. The van der Waals surface area contributed by atoms with Crippen LogP contribution in [0, 0.1) is 5.82 Å². The van der Waals surface area contributed by atoms with E-state index in [1.165, 1.54) is 12.1 Å². The first-order chi connectivity index (χ1) is 6.16. The van der Waals surface area contributed by atoms with Crippen LogP contribution in [0.3, 0.4) is 0 Å². The Balaban J connectivity index is 2.43. The van der Waals surface area contributed by atoms with Crippen LogP contribution in [0.4, 0.5) is 4.39 Å². The summed E-state index contributed by atoms with van der Waals surface area (Å²) in [6.07, 6.45) is 2.74. The van der Waals surface area contributed by atoms with Crippen LogP contribution < -0.4 is 5.73 Å². The summed E-state index contributed by atoms with van der Waals surface area (Å²) in [5, 5.41) is 9.17. The van der Waals surface area contributed by atoms with Gasteiger partial charge in [-0.25, -0.2) is 4.39 Å². The molecule has 0 aliphatic heterocycles. The van der Waals surface area contributed by atoms with Gasteiger partial charge in [-0.15, -0.1) is 0 Å². The number of benzene rings is 1. The number of rotatable bonds is 0. The largest absolute Gasteiger partial charge is 0.505 e. The standard InChI is InChI=1S/C10H12FNO/c11-9-4-6-1-2-8(12)3-7(6)5-10(9)13/h4-5,8,13H,1-3,12H2/p+1/t8-/m0/s1. The molecule has 0 amide bonds. The number of quaternary nitrogens is 1. The quantitative estimate of drug-likeness (QED) is 0.607. The SMILES string of the molecule is [NH3+][C@H]1CCc2cc(F)c(O)cc2C1. The molecule has 2 nitrogen and oxygen atoms in total. The number of fused-ring (bicyclic) bond motifs is 1. The summed E-state index contributed by atoms with van der Waals surface area (Å²) >= 11 is 0. The van der Waals surface area contributed by atoms with Crippen molar-refractivity contribution in [3.8, 4) is 5.75 Å². The highest BCUT2D eigenvalue weighted by molar-refractivity contribution is 5.38. The van der Waals surface area contributed by atoms with Gasteiger partial charge in [0, 0.05) is 12.8 Å². The fourth-order valence-electron chi connectivity index (χ4n) is 1.84. The van der Waals surface area contributed by atoms with Crippen LogP contribution in [-0.2, 0) is 12.8 Å². The molecule has 70 valence electrons. The third-order valence-electron chi connectivity index (χ3n) is 2.60. The topological polar surface area (TPSA) is 47.9 Å². The fourth-order valence-corrected chi connectivity index (χ4v) is 1.84. The predicted molar refractivity (Wildman–Crippen MR) is 46.8 cm³/mol. The molecule has 0 fully saturated rings. The van der Waals surface area contributed by atoms with E-state index in [4.69, 9.17) is 5.11 Å². The molecule has 1 aromatic rings. The third kappa shape index (κ3) is 1.52. The lowest BCUT2D eigenvalue weighted by Gasteiger charge is -2.19. The van der Waals surface area contributed by atoms with Gasteiger partial charge in [0.15, 0.2) is 11.6 Å². The molecule has 0 aromatic heterocycles. The lowest BCUT2D eigenvalue weighted by molar-refractivity contribution is -0.421. The Morgan fingerprint density at radius 2 is 2.15 bits per heavy atom. The van der Waals surface area contributed by atoms with Crippen molar-refractivity contribution < 1.29 is 15.2 Å². The lowest BCUT2D eigenvalue weighted by Crippen LogP contribution is -2.62. The van der Waals surface area contributed by atoms with E-state index in [9.17, 15) is 4.39 Å². The van der Waals surface area contributed by atoms with E-state index >= 15 is 0 Å². The summed E-state index contributed by atoms with van der Waals surface area (Å²) in [5.74, 6) is -0.755. The predicted octanol–water partition coefficient (Wildman–Crippen LogP) is 0.631. The molecule has 1 aliphatic carbocycles. The first-order valence-corrected chi connectivity index (χ1v) is 4.50. The van der Waals surface area contributed by atoms with Crippen LogP contribution >= 0.6 is 0 Å². The van der Waals surface area contributed by atoms with Gasteiger partial charge >= 0.3 is 0 Å². The molecule has 1 aromatic carbocycles. The molecule has 0 saturated heterocycles. The number of aromatic hydroxyl groups is 1. The van der Waals surface area contributed by atoms with Crippen molar-refractivity contribution in [1.29, 1.82) is 0 Å². The lowest BCUT2D eigenvalue weighted by atomic mass is 9.88. The summed E-state index contributed by atoms with van der Waals surface area (Å²) in [4.78, 5) is 0. The molecule has 3 heteroatoms. The van der Waals surface area contributed by atoms with E-state index < -0.39 is 5.82 Å². The first-order valence-electron chi connectivity index (χ1n) is 4.50. The number of aryl methyl sites for hydroxylation is 1. The minimum atomic E-state index is -0.513. The van der Waals surface area contributed by atoms with Gasteiger partial charge in [-0.05, 0) is 29.7 Å². The van der Waals surface area contributed by atoms with E-state index in [0.29, 0.717) is 6.04 Å². The molecule has 1 atom stereocenters. The van der Waals surface area contributed by atoms with E-state index in [0.717, 1.165) is 30.4 Å². The Labute approximate surface area is 76.2 Å². The zero-order valence-corrected chi connectivity index (χ0v) is 7.39. The summed E-state index contributed by atoms with van der Waals surface area (Å²) in [6, 6.07) is 3.37. The van der Waals surface area contributed by atoms with Gasteiger partial charge in [0.05, 0.1) is 6.04 Å². The zero-order valence-electron chi connectivity index (χ0n) is 7.39. The number of hydrogen-bond acceptors (Lipinski definition) is 1. The highest BCUT2D eigenvalue weighted by Gasteiger charge is 2.19. The summed E-state index contributed by atoms with van der Waals surface area (Å²) in [6.45, 7) is 0. The maximum Gasteiger partial charge on any atom is 0.165 e. The molecular weight excluding hydrogens is 169 g/mol. The van der Waals surface area contributed by atoms with E-state index in [1.807, 2.05) is 0 Å². The molecular formula is C10H13FNO+. The van der Waals surface area contributed by atoms with Crippen molar-refractivity contribution in [3.63, 3.8) is 0 Å². The molecule has 0 radical (unpaired) electrons. The van der Waals surface area contributed by atoms with Gasteiger partial charge in [-0.2, -0.15) is 0 Å². The average molecular weight is 182 g/mol. The number of phenolic OH excluding ortho intramolecular Hbond substituents is 1. The van der Waals surface area contributed by atoms with Crippen molar-refractivity contribution in [2.24, 2.45) is 0 Å². The van der Waals surface area contributed by atoms with Crippen LogP contribution in [0.15, 0.2) is 12.1 Å². The molecule has 0 bridgehead atoms. The zero-order chi connectivity index (χ0) is 9.42. The highest BCUT2D eigenvalue weighted by Crippen LogP contribution is 2.26. The Bertz CT molecular complexity index is 338. The smallest absolute Gasteiger partial charge is 0.165 e. The minimum absolute atomic E-state index is 0.243. The highest BCUT2D eigenvalue weighted by atomic mass is 19.1. The monoisotopic (exact) mass is 182 g/mol. The van der Waals surface area contributed by atoms with Crippen molar-refractivity contribution in [3.05, 3.63) is 29.1 Å². The molecule has 0 unspecified atom stereocenters. The molecule has 0 saturated carbocycles. The summed E-state index contributed by atoms with van der Waals surface area (Å²) in [5.41, 5.74) is 6.04.